The average Bonchev–Trinajstić information content (AvgIpc) is 3.13. The summed E-state index contributed by atoms with van der Waals surface area (Å²) in [6.07, 6.45) is 8.82. The van der Waals surface area contributed by atoms with Gasteiger partial charge < -0.3 is 9.52 Å². The Hall–Kier alpha value is -2.78. The summed E-state index contributed by atoms with van der Waals surface area (Å²) in [7, 11) is 0. The molecule has 2 aliphatic rings. The van der Waals surface area contributed by atoms with Crippen LogP contribution in [0.3, 0.4) is 0 Å². The summed E-state index contributed by atoms with van der Waals surface area (Å²) in [4.78, 5) is 8.96. The maximum Gasteiger partial charge on any atom is 0.204 e. The molecule has 0 saturated heterocycles. The van der Waals surface area contributed by atoms with E-state index >= 15 is 0 Å². The zero-order valence-electron chi connectivity index (χ0n) is 14.3. The largest absolute Gasteiger partial charge is 0.447 e. The highest BCUT2D eigenvalue weighted by Crippen LogP contribution is 2.42. The lowest BCUT2D eigenvalue weighted by molar-refractivity contribution is 0.0429. The molecule has 1 N–H and O–H groups in total. The Morgan fingerprint density at radius 3 is 2.77 bits per heavy atom. The summed E-state index contributed by atoms with van der Waals surface area (Å²) in [5.41, 5.74) is 0.920. The Kier molecular flexibility index (Phi) is 3.78. The van der Waals surface area contributed by atoms with E-state index in [1.54, 1.807) is 24.6 Å². The number of nitrogens with zero attached hydrogens (tertiary/aromatic N) is 3. The molecule has 6 heteroatoms. The number of hydrogen-bond donors (Lipinski definition) is 1. The third-order valence-electron chi connectivity index (χ3n) is 5.26. The molecule has 0 radical (unpaired) electrons. The fourth-order valence-electron chi connectivity index (χ4n) is 3.47. The van der Waals surface area contributed by atoms with E-state index in [9.17, 15) is 14.8 Å². The molecule has 0 amide bonds. The highest BCUT2D eigenvalue weighted by molar-refractivity contribution is 5.57. The van der Waals surface area contributed by atoms with Crippen LogP contribution in [0.25, 0.3) is 11.3 Å². The summed E-state index contributed by atoms with van der Waals surface area (Å²) in [5, 5.41) is 19.0. The van der Waals surface area contributed by atoms with Crippen LogP contribution in [-0.4, -0.2) is 21.2 Å². The van der Waals surface area contributed by atoms with Gasteiger partial charge in [0, 0.05) is 11.8 Å². The van der Waals surface area contributed by atoms with E-state index in [0.29, 0.717) is 36.5 Å². The van der Waals surface area contributed by atoms with Crippen molar-refractivity contribution in [3.8, 4) is 17.3 Å². The van der Waals surface area contributed by atoms with E-state index in [0.717, 1.165) is 5.56 Å². The van der Waals surface area contributed by atoms with Gasteiger partial charge in [-0.05, 0) is 50.5 Å². The van der Waals surface area contributed by atoms with Gasteiger partial charge in [-0.15, -0.1) is 0 Å². The van der Waals surface area contributed by atoms with Crippen LogP contribution < -0.4 is 0 Å². The van der Waals surface area contributed by atoms with Gasteiger partial charge in [0.05, 0.1) is 23.3 Å². The highest BCUT2D eigenvalue weighted by Gasteiger charge is 2.46. The first-order valence-electron chi connectivity index (χ1n) is 8.51. The van der Waals surface area contributed by atoms with Crippen LogP contribution in [0, 0.1) is 11.3 Å². The van der Waals surface area contributed by atoms with Gasteiger partial charge in [-0.2, -0.15) is 5.26 Å². The van der Waals surface area contributed by atoms with Crippen LogP contribution in [0.4, 0.5) is 4.39 Å². The summed E-state index contributed by atoms with van der Waals surface area (Å²) >= 11 is 0. The van der Waals surface area contributed by atoms with Crippen LogP contribution in [0.5, 0.6) is 0 Å². The SMILES string of the molecule is CC1(c2nc(-c3ccc(C4(C#N)CC(O)C4)nc3)co2)C=CC(F)=CC1. The minimum Gasteiger partial charge on any atom is -0.447 e. The van der Waals surface area contributed by atoms with Gasteiger partial charge in [0.15, 0.2) is 0 Å². The van der Waals surface area contributed by atoms with Crippen LogP contribution >= 0.6 is 0 Å². The average molecular weight is 351 g/mol. The highest BCUT2D eigenvalue weighted by atomic mass is 19.1. The summed E-state index contributed by atoms with van der Waals surface area (Å²) in [5.74, 6) is 0.272. The fraction of sp³-hybridized carbons (Fsp3) is 0.350. The zero-order valence-corrected chi connectivity index (χ0v) is 14.3. The molecule has 2 aromatic rings. The second kappa shape index (κ2) is 5.89. The number of oxazole rings is 1. The number of halogens is 1. The predicted octanol–water partition coefficient (Wildman–Crippen LogP) is 3.72. The Morgan fingerprint density at radius 2 is 2.19 bits per heavy atom. The number of allylic oxidation sites excluding steroid dienone is 4. The molecular weight excluding hydrogens is 333 g/mol. The number of hydrogen-bond acceptors (Lipinski definition) is 5. The number of aromatic nitrogens is 2. The third kappa shape index (κ3) is 2.65. The molecule has 1 unspecified atom stereocenters. The second-order valence-corrected chi connectivity index (χ2v) is 7.27. The third-order valence-corrected chi connectivity index (χ3v) is 5.26. The maximum absolute atomic E-state index is 13.2. The van der Waals surface area contributed by atoms with E-state index in [2.05, 4.69) is 16.0 Å². The lowest BCUT2D eigenvalue weighted by atomic mass is 9.65. The van der Waals surface area contributed by atoms with Crippen molar-refractivity contribution in [1.82, 2.24) is 9.97 Å². The van der Waals surface area contributed by atoms with Crippen molar-refractivity contribution in [1.29, 1.82) is 5.26 Å². The number of rotatable bonds is 3. The van der Waals surface area contributed by atoms with Crippen molar-refractivity contribution in [3.05, 3.63) is 60.2 Å². The first kappa shape index (κ1) is 16.7. The fourth-order valence-corrected chi connectivity index (χ4v) is 3.47. The van der Waals surface area contributed by atoms with Crippen molar-refractivity contribution >= 4 is 0 Å². The topological polar surface area (TPSA) is 82.9 Å². The summed E-state index contributed by atoms with van der Waals surface area (Å²) in [6.45, 7) is 1.95. The molecule has 1 atom stereocenters. The number of aliphatic hydroxyl groups excluding tert-OH is 1. The van der Waals surface area contributed by atoms with E-state index in [-0.39, 0.29) is 5.83 Å². The molecular formula is C20H18FN3O2. The lowest BCUT2D eigenvalue weighted by Crippen LogP contribution is -2.44. The van der Waals surface area contributed by atoms with E-state index in [1.807, 2.05) is 13.0 Å². The van der Waals surface area contributed by atoms with E-state index in [4.69, 9.17) is 4.42 Å². The second-order valence-electron chi connectivity index (χ2n) is 7.27. The van der Waals surface area contributed by atoms with E-state index < -0.39 is 16.9 Å². The molecule has 2 aromatic heterocycles. The van der Waals surface area contributed by atoms with Crippen LogP contribution in [0.15, 0.2) is 53.1 Å². The monoisotopic (exact) mass is 351 g/mol. The molecule has 26 heavy (non-hydrogen) atoms. The van der Waals surface area contributed by atoms with Gasteiger partial charge >= 0.3 is 0 Å². The smallest absolute Gasteiger partial charge is 0.204 e. The first-order valence-corrected chi connectivity index (χ1v) is 8.51. The lowest BCUT2D eigenvalue weighted by Gasteiger charge is -2.38. The van der Waals surface area contributed by atoms with Gasteiger partial charge in [-0.1, -0.05) is 6.08 Å². The molecule has 0 aliphatic heterocycles. The van der Waals surface area contributed by atoms with Crippen molar-refractivity contribution in [3.63, 3.8) is 0 Å². The number of nitriles is 1. The van der Waals surface area contributed by atoms with Gasteiger partial charge in [0.1, 0.15) is 23.2 Å². The van der Waals surface area contributed by atoms with E-state index in [1.165, 1.54) is 12.2 Å². The minimum atomic E-state index is -0.691. The van der Waals surface area contributed by atoms with Crippen LogP contribution in [0.1, 0.15) is 37.8 Å². The Balaban J connectivity index is 1.57. The molecule has 2 heterocycles. The van der Waals surface area contributed by atoms with Crippen molar-refractivity contribution in [2.24, 2.45) is 0 Å². The minimum absolute atomic E-state index is 0.249. The van der Waals surface area contributed by atoms with Crippen LogP contribution in [-0.2, 0) is 10.8 Å². The van der Waals surface area contributed by atoms with Gasteiger partial charge in [0.2, 0.25) is 5.89 Å². The Morgan fingerprint density at radius 1 is 1.38 bits per heavy atom. The maximum atomic E-state index is 13.2. The molecule has 1 fully saturated rings. The Bertz CT molecular complexity index is 933. The molecule has 0 aromatic carbocycles. The Labute approximate surface area is 150 Å². The quantitative estimate of drug-likeness (QED) is 0.911. The van der Waals surface area contributed by atoms with Crippen LogP contribution in [0.2, 0.25) is 0 Å². The molecule has 0 bridgehead atoms. The van der Waals surface area contributed by atoms with Crippen molar-refractivity contribution < 1.29 is 13.9 Å². The normalized spacial score (nSPS) is 30.4. The standard InChI is InChI=1S/C20H18FN3O2/c1-19(6-4-14(21)5-7-19)18-24-16(11-26-18)13-2-3-17(23-10-13)20(12-22)8-15(25)9-20/h2-6,10-11,15,25H,7-9H2,1H3. The van der Waals surface area contributed by atoms with Gasteiger partial charge in [-0.3, -0.25) is 4.98 Å². The predicted molar refractivity (Wildman–Crippen MR) is 92.6 cm³/mol. The number of aliphatic hydroxyl groups is 1. The molecule has 2 aliphatic carbocycles. The molecule has 132 valence electrons. The molecule has 4 rings (SSSR count). The molecule has 5 nitrogen and oxygen atoms in total. The first-order chi connectivity index (χ1) is 12.4. The number of pyridine rings is 1. The summed E-state index contributed by atoms with van der Waals surface area (Å²) in [6, 6.07) is 5.93. The molecule has 0 spiro atoms. The van der Waals surface area contributed by atoms with Gasteiger partial charge in [0.25, 0.3) is 0 Å². The molecule has 1 saturated carbocycles. The van der Waals surface area contributed by atoms with Crippen molar-refractivity contribution in [2.75, 3.05) is 0 Å². The zero-order chi connectivity index (χ0) is 18.4. The summed E-state index contributed by atoms with van der Waals surface area (Å²) < 4.78 is 18.8. The van der Waals surface area contributed by atoms with Crippen molar-refractivity contribution in [2.45, 2.75) is 43.1 Å². The van der Waals surface area contributed by atoms with Gasteiger partial charge in [-0.25, -0.2) is 9.37 Å².